The molecular formula is C13H14N6. The Morgan fingerprint density at radius 2 is 2.21 bits per heavy atom. The first-order valence-electron chi connectivity index (χ1n) is 6.00. The van der Waals surface area contributed by atoms with Crippen molar-refractivity contribution < 1.29 is 0 Å². The highest BCUT2D eigenvalue weighted by Crippen LogP contribution is 2.19. The van der Waals surface area contributed by atoms with Gasteiger partial charge in [-0.2, -0.15) is 0 Å². The molecule has 0 unspecified atom stereocenters. The van der Waals surface area contributed by atoms with Crippen molar-refractivity contribution in [1.82, 2.24) is 19.6 Å². The predicted molar refractivity (Wildman–Crippen MR) is 73.1 cm³/mol. The summed E-state index contributed by atoms with van der Waals surface area (Å²) < 4.78 is 1.89. The Labute approximate surface area is 110 Å². The average molecular weight is 254 g/mol. The van der Waals surface area contributed by atoms with Gasteiger partial charge in [-0.05, 0) is 24.6 Å². The highest BCUT2D eigenvalue weighted by molar-refractivity contribution is 5.69. The summed E-state index contributed by atoms with van der Waals surface area (Å²) in [7, 11) is 0. The SMILES string of the molecule is Cc1nnc2c(Nc3cccc(CN)c3)nccn12. The lowest BCUT2D eigenvalue weighted by molar-refractivity contribution is 1.00. The van der Waals surface area contributed by atoms with Crippen LogP contribution >= 0.6 is 0 Å². The maximum absolute atomic E-state index is 5.64. The second kappa shape index (κ2) is 4.66. The normalized spacial score (nSPS) is 10.8. The van der Waals surface area contributed by atoms with Crippen molar-refractivity contribution in [3.8, 4) is 0 Å². The number of rotatable bonds is 3. The van der Waals surface area contributed by atoms with Crippen molar-refractivity contribution >= 4 is 17.2 Å². The molecule has 1 aromatic carbocycles. The number of hydrogen-bond donors (Lipinski definition) is 2. The number of anilines is 2. The first-order valence-corrected chi connectivity index (χ1v) is 6.00. The first-order chi connectivity index (χ1) is 9.28. The summed E-state index contributed by atoms with van der Waals surface area (Å²) in [6.07, 6.45) is 3.56. The van der Waals surface area contributed by atoms with Gasteiger partial charge in [0.1, 0.15) is 5.82 Å². The third-order valence-electron chi connectivity index (χ3n) is 2.92. The zero-order chi connectivity index (χ0) is 13.2. The molecule has 0 aliphatic rings. The molecule has 0 bridgehead atoms. The smallest absolute Gasteiger partial charge is 0.204 e. The Balaban J connectivity index is 2.00. The monoisotopic (exact) mass is 254 g/mol. The summed E-state index contributed by atoms with van der Waals surface area (Å²) >= 11 is 0. The summed E-state index contributed by atoms with van der Waals surface area (Å²) in [6.45, 7) is 2.41. The molecule has 6 heteroatoms. The lowest BCUT2D eigenvalue weighted by Gasteiger charge is -2.07. The number of hydrogen-bond acceptors (Lipinski definition) is 5. The summed E-state index contributed by atoms with van der Waals surface area (Å²) in [5.41, 5.74) is 8.34. The van der Waals surface area contributed by atoms with Crippen molar-refractivity contribution in [3.63, 3.8) is 0 Å². The van der Waals surface area contributed by atoms with E-state index >= 15 is 0 Å². The Morgan fingerprint density at radius 3 is 3.05 bits per heavy atom. The van der Waals surface area contributed by atoms with Crippen molar-refractivity contribution in [2.45, 2.75) is 13.5 Å². The van der Waals surface area contributed by atoms with Crippen LogP contribution in [0.5, 0.6) is 0 Å². The lowest BCUT2D eigenvalue weighted by atomic mass is 10.2. The molecule has 3 rings (SSSR count). The van der Waals surface area contributed by atoms with Gasteiger partial charge in [0, 0.05) is 24.6 Å². The summed E-state index contributed by atoms with van der Waals surface area (Å²) in [5, 5.41) is 11.4. The first kappa shape index (κ1) is 11.6. The Hall–Kier alpha value is -2.47. The quantitative estimate of drug-likeness (QED) is 0.742. The van der Waals surface area contributed by atoms with E-state index < -0.39 is 0 Å². The van der Waals surface area contributed by atoms with E-state index in [0.29, 0.717) is 18.0 Å². The maximum atomic E-state index is 5.64. The van der Waals surface area contributed by atoms with Gasteiger partial charge in [-0.25, -0.2) is 4.98 Å². The van der Waals surface area contributed by atoms with E-state index in [-0.39, 0.29) is 0 Å². The molecule has 0 radical (unpaired) electrons. The van der Waals surface area contributed by atoms with Crippen LogP contribution in [0.25, 0.3) is 5.65 Å². The molecule has 0 atom stereocenters. The van der Waals surface area contributed by atoms with Crippen LogP contribution in [-0.4, -0.2) is 19.6 Å². The minimum absolute atomic E-state index is 0.511. The zero-order valence-electron chi connectivity index (χ0n) is 10.5. The average Bonchev–Trinajstić information content (AvgIpc) is 2.82. The fraction of sp³-hybridized carbons (Fsp3) is 0.154. The topological polar surface area (TPSA) is 81.1 Å². The van der Waals surface area contributed by atoms with E-state index in [2.05, 4.69) is 20.5 Å². The third kappa shape index (κ3) is 2.13. The van der Waals surface area contributed by atoms with E-state index in [1.165, 1.54) is 0 Å². The number of nitrogens with two attached hydrogens (primary N) is 1. The molecule has 0 saturated heterocycles. The van der Waals surface area contributed by atoms with Gasteiger partial charge in [-0.15, -0.1) is 10.2 Å². The molecule has 2 heterocycles. The lowest BCUT2D eigenvalue weighted by Crippen LogP contribution is -2.00. The Bertz CT molecular complexity index is 718. The minimum Gasteiger partial charge on any atom is -0.337 e. The van der Waals surface area contributed by atoms with E-state index in [1.54, 1.807) is 6.20 Å². The van der Waals surface area contributed by atoms with Crippen LogP contribution in [0.4, 0.5) is 11.5 Å². The Morgan fingerprint density at radius 1 is 1.32 bits per heavy atom. The molecule has 96 valence electrons. The van der Waals surface area contributed by atoms with E-state index in [4.69, 9.17) is 5.73 Å². The van der Waals surface area contributed by atoms with Crippen molar-refractivity contribution in [1.29, 1.82) is 0 Å². The molecule has 0 spiro atoms. The molecule has 0 fully saturated rings. The molecule has 0 aliphatic carbocycles. The second-order valence-electron chi connectivity index (χ2n) is 4.25. The van der Waals surface area contributed by atoms with E-state index in [9.17, 15) is 0 Å². The summed E-state index contributed by atoms with van der Waals surface area (Å²) in [5.74, 6) is 1.51. The fourth-order valence-electron chi connectivity index (χ4n) is 1.94. The van der Waals surface area contributed by atoms with Gasteiger partial charge in [-0.3, -0.25) is 4.40 Å². The predicted octanol–water partition coefficient (Wildman–Crippen LogP) is 1.64. The molecule has 0 saturated carbocycles. The van der Waals surface area contributed by atoms with Crippen LogP contribution in [0.15, 0.2) is 36.7 Å². The number of aromatic nitrogens is 4. The number of aryl methyl sites for hydroxylation is 1. The van der Waals surface area contributed by atoms with Crippen LogP contribution in [0, 0.1) is 6.92 Å². The number of nitrogens with zero attached hydrogens (tertiary/aromatic N) is 4. The van der Waals surface area contributed by atoms with E-state index in [0.717, 1.165) is 17.1 Å². The second-order valence-corrected chi connectivity index (χ2v) is 4.25. The van der Waals surface area contributed by atoms with Crippen LogP contribution in [0.3, 0.4) is 0 Å². The van der Waals surface area contributed by atoms with Crippen LogP contribution in [-0.2, 0) is 6.54 Å². The molecule has 0 amide bonds. The fourth-order valence-corrected chi connectivity index (χ4v) is 1.94. The number of nitrogens with one attached hydrogen (secondary N) is 1. The van der Waals surface area contributed by atoms with Gasteiger partial charge < -0.3 is 11.1 Å². The standard InChI is InChI=1S/C13H14N6/c1-9-17-18-13-12(15-5-6-19(9)13)16-11-4-2-3-10(7-11)8-14/h2-7H,8,14H2,1H3,(H,15,16). The Kier molecular flexibility index (Phi) is 2.85. The molecule has 2 aromatic heterocycles. The van der Waals surface area contributed by atoms with E-state index in [1.807, 2.05) is 41.8 Å². The summed E-state index contributed by atoms with van der Waals surface area (Å²) in [4.78, 5) is 4.31. The van der Waals surface area contributed by atoms with Gasteiger partial charge in [0.25, 0.3) is 0 Å². The van der Waals surface area contributed by atoms with Crippen LogP contribution in [0.1, 0.15) is 11.4 Å². The van der Waals surface area contributed by atoms with Crippen LogP contribution < -0.4 is 11.1 Å². The maximum Gasteiger partial charge on any atom is 0.204 e. The van der Waals surface area contributed by atoms with Gasteiger partial charge in [0.2, 0.25) is 5.65 Å². The van der Waals surface area contributed by atoms with Gasteiger partial charge >= 0.3 is 0 Å². The molecular weight excluding hydrogens is 240 g/mol. The van der Waals surface area contributed by atoms with Gasteiger partial charge in [-0.1, -0.05) is 12.1 Å². The minimum atomic E-state index is 0.511. The number of fused-ring (bicyclic) bond motifs is 1. The molecule has 3 N–H and O–H groups in total. The molecule has 19 heavy (non-hydrogen) atoms. The van der Waals surface area contributed by atoms with Gasteiger partial charge in [0.05, 0.1) is 0 Å². The largest absolute Gasteiger partial charge is 0.337 e. The molecule has 0 aliphatic heterocycles. The van der Waals surface area contributed by atoms with Crippen molar-refractivity contribution in [2.24, 2.45) is 5.73 Å². The molecule has 6 nitrogen and oxygen atoms in total. The number of benzene rings is 1. The third-order valence-corrected chi connectivity index (χ3v) is 2.92. The van der Waals surface area contributed by atoms with Gasteiger partial charge in [0.15, 0.2) is 5.82 Å². The highest BCUT2D eigenvalue weighted by atomic mass is 15.3. The van der Waals surface area contributed by atoms with Crippen LogP contribution in [0.2, 0.25) is 0 Å². The molecule has 3 aromatic rings. The zero-order valence-corrected chi connectivity index (χ0v) is 10.5. The highest BCUT2D eigenvalue weighted by Gasteiger charge is 2.07. The van der Waals surface area contributed by atoms with Crippen molar-refractivity contribution in [3.05, 3.63) is 48.0 Å². The van der Waals surface area contributed by atoms with Crippen molar-refractivity contribution in [2.75, 3.05) is 5.32 Å². The summed E-state index contributed by atoms with van der Waals surface area (Å²) in [6, 6.07) is 7.90.